The summed E-state index contributed by atoms with van der Waals surface area (Å²) >= 11 is 0. The van der Waals surface area contributed by atoms with Crippen LogP contribution in [0.1, 0.15) is 42.2 Å². The van der Waals surface area contributed by atoms with Crippen LogP contribution in [-0.4, -0.2) is 41.5 Å². The van der Waals surface area contributed by atoms with Crippen molar-refractivity contribution in [3.8, 4) is 5.75 Å². The van der Waals surface area contributed by atoms with Crippen molar-refractivity contribution in [3.63, 3.8) is 0 Å². The fraction of sp³-hybridized carbons (Fsp3) is 0.462. The summed E-state index contributed by atoms with van der Waals surface area (Å²) < 4.78 is 43.2. The summed E-state index contributed by atoms with van der Waals surface area (Å²) in [6.45, 7) is 4.40. The predicted molar refractivity (Wildman–Crippen MR) is 128 cm³/mol. The first-order chi connectivity index (χ1) is 16.7. The van der Waals surface area contributed by atoms with Gasteiger partial charge in [0.2, 0.25) is 0 Å². The van der Waals surface area contributed by atoms with Gasteiger partial charge in [-0.2, -0.15) is 0 Å². The minimum Gasteiger partial charge on any atom is -0.406 e. The molecule has 9 heteroatoms. The largest absolute Gasteiger partial charge is 0.573 e. The fourth-order valence-corrected chi connectivity index (χ4v) is 5.71. The molecule has 2 aliphatic rings. The van der Waals surface area contributed by atoms with Crippen LogP contribution in [0.4, 0.5) is 18.9 Å². The van der Waals surface area contributed by atoms with Gasteiger partial charge in [-0.25, -0.2) is 0 Å². The summed E-state index contributed by atoms with van der Waals surface area (Å²) in [5.41, 5.74) is 3.89. The van der Waals surface area contributed by atoms with Gasteiger partial charge in [-0.15, -0.1) is 13.2 Å². The molecule has 1 unspecified atom stereocenters. The zero-order valence-electron chi connectivity index (χ0n) is 19.9. The molecule has 6 nitrogen and oxygen atoms in total. The van der Waals surface area contributed by atoms with Crippen molar-refractivity contribution in [2.75, 3.05) is 24.5 Å². The number of anilines is 1. The number of halogens is 3. The lowest BCUT2D eigenvalue weighted by Crippen LogP contribution is -2.36. The average Bonchev–Trinajstić information content (AvgIpc) is 3.42. The van der Waals surface area contributed by atoms with Gasteiger partial charge in [-0.1, -0.05) is 6.92 Å². The van der Waals surface area contributed by atoms with Crippen molar-refractivity contribution in [1.82, 2.24) is 14.9 Å². The van der Waals surface area contributed by atoms with Crippen LogP contribution in [0.15, 0.2) is 42.7 Å². The van der Waals surface area contributed by atoms with E-state index in [2.05, 4.69) is 31.4 Å². The molecule has 1 spiro atoms. The molecule has 1 amide bonds. The van der Waals surface area contributed by atoms with E-state index >= 15 is 0 Å². The molecule has 5 rings (SSSR count). The summed E-state index contributed by atoms with van der Waals surface area (Å²) in [6, 6.07) is 8.00. The van der Waals surface area contributed by atoms with E-state index in [1.165, 1.54) is 12.1 Å². The van der Waals surface area contributed by atoms with Gasteiger partial charge in [0, 0.05) is 55.8 Å². The van der Waals surface area contributed by atoms with Gasteiger partial charge in [0.15, 0.2) is 0 Å². The van der Waals surface area contributed by atoms with Crippen molar-refractivity contribution in [1.29, 1.82) is 0 Å². The van der Waals surface area contributed by atoms with E-state index in [0.717, 1.165) is 66.6 Å². The second-order valence-corrected chi connectivity index (χ2v) is 9.63. The molecule has 0 radical (unpaired) electrons. The molecular formula is C26H29F3N4O2. The maximum Gasteiger partial charge on any atom is 0.573 e. The number of nitrogens with zero attached hydrogens (tertiary/aromatic N) is 3. The summed E-state index contributed by atoms with van der Waals surface area (Å²) in [5, 5.41) is 4.07. The number of nitrogens with one attached hydrogen (secondary N) is 1. The van der Waals surface area contributed by atoms with Gasteiger partial charge < -0.3 is 19.5 Å². The third-order valence-electron chi connectivity index (χ3n) is 7.75. The maximum absolute atomic E-state index is 13.2. The maximum atomic E-state index is 13.2. The zero-order chi connectivity index (χ0) is 24.8. The molecule has 35 heavy (non-hydrogen) atoms. The van der Waals surface area contributed by atoms with Crippen LogP contribution < -0.4 is 15.0 Å². The first-order valence-corrected chi connectivity index (χ1v) is 12.0. The Hall–Kier alpha value is -3.23. The van der Waals surface area contributed by atoms with Crippen LogP contribution in [0.3, 0.4) is 0 Å². The van der Waals surface area contributed by atoms with Crippen molar-refractivity contribution in [3.05, 3.63) is 54.0 Å². The first-order valence-electron chi connectivity index (χ1n) is 12.0. The number of pyridine rings is 1. The van der Waals surface area contributed by atoms with E-state index in [9.17, 15) is 18.0 Å². The Morgan fingerprint density at radius 3 is 2.57 bits per heavy atom. The molecule has 3 heterocycles. The number of ether oxygens (including phenoxy) is 1. The third kappa shape index (κ3) is 4.56. The Morgan fingerprint density at radius 1 is 1.20 bits per heavy atom. The molecule has 3 aromatic rings. The van der Waals surface area contributed by atoms with E-state index in [-0.39, 0.29) is 17.1 Å². The van der Waals surface area contributed by atoms with Gasteiger partial charge in [0.25, 0.3) is 5.91 Å². The zero-order valence-corrected chi connectivity index (χ0v) is 19.9. The molecule has 0 bridgehead atoms. The van der Waals surface area contributed by atoms with Crippen LogP contribution in [0.2, 0.25) is 0 Å². The summed E-state index contributed by atoms with van der Waals surface area (Å²) in [5.74, 6) is 0.205. The standard InChI is InChI=1S/C26H29F3N4O2/c1-3-21-23(20-16-30-11-8-22(20)32(21)2)24(34)31-15-17-14-25(17)9-12-33(13-10-25)18-4-6-19(7-5-18)35-26(27,28)29/h4-8,11,16-17H,3,9-10,12-15H2,1-2H3,(H,31,34). The van der Waals surface area contributed by atoms with Crippen molar-refractivity contribution < 1.29 is 22.7 Å². The van der Waals surface area contributed by atoms with E-state index in [1.54, 1.807) is 24.5 Å². The minimum absolute atomic E-state index is 0.0406. The Balaban J connectivity index is 1.17. The molecular weight excluding hydrogens is 457 g/mol. The van der Waals surface area contributed by atoms with E-state index in [1.807, 2.05) is 13.1 Å². The molecule has 2 aromatic heterocycles. The number of alkyl halides is 3. The number of hydrogen-bond acceptors (Lipinski definition) is 4. The number of aryl methyl sites for hydroxylation is 1. The number of benzene rings is 1. The number of amides is 1. The second kappa shape index (κ2) is 8.77. The lowest BCUT2D eigenvalue weighted by molar-refractivity contribution is -0.274. The summed E-state index contributed by atoms with van der Waals surface area (Å²) in [4.78, 5) is 19.6. The highest BCUT2D eigenvalue weighted by Gasteiger charge is 2.54. The highest BCUT2D eigenvalue weighted by atomic mass is 19.4. The topological polar surface area (TPSA) is 59.4 Å². The van der Waals surface area contributed by atoms with Crippen LogP contribution in [0.25, 0.3) is 10.9 Å². The molecule has 186 valence electrons. The predicted octanol–water partition coefficient (Wildman–Crippen LogP) is 5.07. The number of piperidine rings is 1. The highest BCUT2D eigenvalue weighted by molar-refractivity contribution is 6.08. The van der Waals surface area contributed by atoms with Crippen molar-refractivity contribution in [2.45, 2.75) is 39.0 Å². The SMILES string of the molecule is CCc1c(C(=O)NCC2CC23CCN(c2ccc(OC(F)(F)F)cc2)CC3)c2cnccc2n1C. The van der Waals surface area contributed by atoms with Crippen LogP contribution in [0, 0.1) is 11.3 Å². The Labute approximate surface area is 202 Å². The lowest BCUT2D eigenvalue weighted by atomic mass is 9.90. The summed E-state index contributed by atoms with van der Waals surface area (Å²) in [6.07, 6.45) is 2.70. The smallest absolute Gasteiger partial charge is 0.406 e. The summed E-state index contributed by atoms with van der Waals surface area (Å²) in [7, 11) is 1.98. The average molecular weight is 487 g/mol. The minimum atomic E-state index is -4.68. The van der Waals surface area contributed by atoms with Gasteiger partial charge >= 0.3 is 6.36 Å². The monoisotopic (exact) mass is 486 g/mol. The number of aromatic nitrogens is 2. The van der Waals surface area contributed by atoms with E-state index in [4.69, 9.17) is 0 Å². The van der Waals surface area contributed by atoms with Crippen molar-refractivity contribution in [2.24, 2.45) is 18.4 Å². The number of hydrogen-bond donors (Lipinski definition) is 1. The molecule has 1 aromatic carbocycles. The second-order valence-electron chi connectivity index (χ2n) is 9.63. The van der Waals surface area contributed by atoms with E-state index < -0.39 is 6.36 Å². The molecule has 1 saturated heterocycles. The molecule has 1 aliphatic heterocycles. The normalized spacial score (nSPS) is 19.2. The molecule has 1 N–H and O–H groups in total. The molecule has 1 atom stereocenters. The van der Waals surface area contributed by atoms with Crippen LogP contribution >= 0.6 is 0 Å². The number of carbonyl (C=O) groups excluding carboxylic acids is 1. The first kappa shape index (κ1) is 23.5. The highest BCUT2D eigenvalue weighted by Crippen LogP contribution is 2.59. The van der Waals surface area contributed by atoms with Crippen LogP contribution in [-0.2, 0) is 13.5 Å². The lowest BCUT2D eigenvalue weighted by Gasteiger charge is -2.34. The third-order valence-corrected chi connectivity index (χ3v) is 7.75. The van der Waals surface area contributed by atoms with Gasteiger partial charge in [-0.05, 0) is 67.3 Å². The van der Waals surface area contributed by atoms with Gasteiger partial charge in [-0.3, -0.25) is 9.78 Å². The van der Waals surface area contributed by atoms with Crippen LogP contribution in [0.5, 0.6) is 5.75 Å². The molecule has 2 fully saturated rings. The van der Waals surface area contributed by atoms with Gasteiger partial charge in [0.1, 0.15) is 5.75 Å². The van der Waals surface area contributed by atoms with Gasteiger partial charge in [0.05, 0.1) is 11.1 Å². The number of carbonyl (C=O) groups is 1. The molecule has 1 aliphatic carbocycles. The quantitative estimate of drug-likeness (QED) is 0.529. The number of fused-ring (bicyclic) bond motifs is 1. The Kier molecular flexibility index (Phi) is 5.89. The fourth-order valence-electron chi connectivity index (χ4n) is 5.71. The van der Waals surface area contributed by atoms with Crippen molar-refractivity contribution >= 4 is 22.5 Å². The molecule has 1 saturated carbocycles. The Morgan fingerprint density at radius 2 is 1.91 bits per heavy atom. The Bertz CT molecular complexity index is 1230. The number of rotatable bonds is 6. The van der Waals surface area contributed by atoms with E-state index in [0.29, 0.717) is 12.5 Å².